The van der Waals surface area contributed by atoms with Crippen LogP contribution in [0.1, 0.15) is 25.0 Å². The van der Waals surface area contributed by atoms with Crippen molar-refractivity contribution in [2.75, 3.05) is 22.5 Å². The topological polar surface area (TPSA) is 70.2 Å². The van der Waals surface area contributed by atoms with Crippen molar-refractivity contribution in [3.8, 4) is 0 Å². The highest BCUT2D eigenvalue weighted by Crippen LogP contribution is 2.18. The maximum atomic E-state index is 12.2. The molecule has 0 heterocycles. The summed E-state index contributed by atoms with van der Waals surface area (Å²) in [5, 5.41) is 8.83. The first-order valence-electron chi connectivity index (χ1n) is 8.37. The lowest BCUT2D eigenvalue weighted by Gasteiger charge is -2.12. The molecule has 0 aliphatic carbocycles. The zero-order valence-corrected chi connectivity index (χ0v) is 15.1. The van der Waals surface area contributed by atoms with E-state index in [1.54, 1.807) is 0 Å². The van der Waals surface area contributed by atoms with E-state index in [-0.39, 0.29) is 24.3 Å². The Morgan fingerprint density at radius 3 is 2.36 bits per heavy atom. The van der Waals surface area contributed by atoms with Gasteiger partial charge in [0.05, 0.1) is 6.54 Å². The fourth-order valence-corrected chi connectivity index (χ4v) is 2.26. The second-order valence-electron chi connectivity index (χ2n) is 6.37. The van der Waals surface area contributed by atoms with Crippen LogP contribution in [0.2, 0.25) is 0 Å². The molecule has 0 unspecified atom stereocenters. The highest BCUT2D eigenvalue weighted by atomic mass is 16.2. The van der Waals surface area contributed by atoms with Gasteiger partial charge in [-0.15, -0.1) is 0 Å². The van der Waals surface area contributed by atoms with Gasteiger partial charge in [-0.1, -0.05) is 32.0 Å². The van der Waals surface area contributed by atoms with Crippen molar-refractivity contribution in [1.82, 2.24) is 0 Å². The standard InChI is InChI=1S/C20H25N3O2/c1-13(2)20(25)22-17-9-6-8-16(11-17)21-12-19(24)23-18-10-5-7-14(3)15(18)4/h5-11,13,21H,12H2,1-4H3,(H,22,25)(H,23,24). The fourth-order valence-electron chi connectivity index (χ4n) is 2.26. The first-order valence-corrected chi connectivity index (χ1v) is 8.37. The lowest BCUT2D eigenvalue weighted by atomic mass is 10.1. The van der Waals surface area contributed by atoms with Crippen molar-refractivity contribution < 1.29 is 9.59 Å². The SMILES string of the molecule is Cc1cccc(NC(=O)CNc2cccc(NC(=O)C(C)C)c2)c1C. The van der Waals surface area contributed by atoms with Gasteiger partial charge in [0.25, 0.3) is 0 Å². The van der Waals surface area contributed by atoms with Crippen LogP contribution in [-0.4, -0.2) is 18.4 Å². The van der Waals surface area contributed by atoms with E-state index in [9.17, 15) is 9.59 Å². The van der Waals surface area contributed by atoms with Crippen molar-refractivity contribution in [2.24, 2.45) is 5.92 Å². The molecule has 3 N–H and O–H groups in total. The number of carbonyl (C=O) groups is 2. The van der Waals surface area contributed by atoms with Gasteiger partial charge in [-0.3, -0.25) is 9.59 Å². The lowest BCUT2D eigenvalue weighted by molar-refractivity contribution is -0.119. The molecular weight excluding hydrogens is 314 g/mol. The molecule has 5 heteroatoms. The largest absolute Gasteiger partial charge is 0.376 e. The summed E-state index contributed by atoms with van der Waals surface area (Å²) in [6.07, 6.45) is 0. The third-order valence-electron chi connectivity index (χ3n) is 3.99. The minimum atomic E-state index is -0.120. The molecule has 0 aliphatic rings. The average Bonchev–Trinajstić information content (AvgIpc) is 2.57. The van der Waals surface area contributed by atoms with Crippen molar-refractivity contribution in [3.05, 3.63) is 53.6 Å². The summed E-state index contributed by atoms with van der Waals surface area (Å²) in [5.41, 5.74) is 4.51. The van der Waals surface area contributed by atoms with Crippen LogP contribution in [0.4, 0.5) is 17.1 Å². The molecule has 0 saturated carbocycles. The summed E-state index contributed by atoms with van der Waals surface area (Å²) in [6, 6.07) is 13.2. The molecule has 5 nitrogen and oxygen atoms in total. The Labute approximate surface area is 148 Å². The zero-order valence-electron chi connectivity index (χ0n) is 15.1. The van der Waals surface area contributed by atoms with Crippen LogP contribution in [0.25, 0.3) is 0 Å². The Morgan fingerprint density at radius 1 is 0.960 bits per heavy atom. The summed E-state index contributed by atoms with van der Waals surface area (Å²) in [6.45, 7) is 7.83. The predicted octanol–water partition coefficient (Wildman–Crippen LogP) is 3.95. The van der Waals surface area contributed by atoms with Crippen LogP contribution >= 0.6 is 0 Å². The Balaban J connectivity index is 1.93. The number of hydrogen-bond donors (Lipinski definition) is 3. The predicted molar refractivity (Wildman–Crippen MR) is 103 cm³/mol. The molecule has 0 bridgehead atoms. The normalized spacial score (nSPS) is 10.4. The number of carbonyl (C=O) groups excluding carboxylic acids is 2. The molecule has 25 heavy (non-hydrogen) atoms. The van der Waals surface area contributed by atoms with Crippen LogP contribution in [0.5, 0.6) is 0 Å². The van der Waals surface area contributed by atoms with Crippen molar-refractivity contribution in [2.45, 2.75) is 27.7 Å². The molecule has 0 spiro atoms. The van der Waals surface area contributed by atoms with Crippen LogP contribution in [-0.2, 0) is 9.59 Å². The second kappa shape index (κ2) is 8.33. The quantitative estimate of drug-likeness (QED) is 0.746. The summed E-state index contributed by atoms with van der Waals surface area (Å²) in [7, 11) is 0. The monoisotopic (exact) mass is 339 g/mol. The van der Waals surface area contributed by atoms with Gasteiger partial charge in [0, 0.05) is 23.0 Å². The van der Waals surface area contributed by atoms with Crippen molar-refractivity contribution >= 4 is 28.9 Å². The summed E-state index contributed by atoms with van der Waals surface area (Å²) < 4.78 is 0. The Morgan fingerprint density at radius 2 is 1.64 bits per heavy atom. The summed E-state index contributed by atoms with van der Waals surface area (Å²) in [4.78, 5) is 23.9. The minimum Gasteiger partial charge on any atom is -0.376 e. The van der Waals surface area contributed by atoms with E-state index in [0.29, 0.717) is 5.69 Å². The molecule has 0 atom stereocenters. The molecule has 2 amide bonds. The smallest absolute Gasteiger partial charge is 0.243 e. The lowest BCUT2D eigenvalue weighted by Crippen LogP contribution is -2.22. The van der Waals surface area contributed by atoms with E-state index in [1.165, 1.54) is 0 Å². The number of anilines is 3. The first kappa shape index (κ1) is 18.5. The van der Waals surface area contributed by atoms with Crippen LogP contribution < -0.4 is 16.0 Å². The van der Waals surface area contributed by atoms with E-state index < -0.39 is 0 Å². The van der Waals surface area contributed by atoms with Gasteiger partial charge in [0.1, 0.15) is 0 Å². The minimum absolute atomic E-state index is 0.0372. The number of benzene rings is 2. The number of nitrogens with one attached hydrogen (secondary N) is 3. The third-order valence-corrected chi connectivity index (χ3v) is 3.99. The molecule has 0 radical (unpaired) electrons. The van der Waals surface area contributed by atoms with E-state index in [0.717, 1.165) is 22.5 Å². The maximum absolute atomic E-state index is 12.2. The number of hydrogen-bond acceptors (Lipinski definition) is 3. The second-order valence-corrected chi connectivity index (χ2v) is 6.37. The molecule has 0 aromatic heterocycles. The van der Waals surface area contributed by atoms with Crippen LogP contribution in [0.15, 0.2) is 42.5 Å². The van der Waals surface area contributed by atoms with Crippen LogP contribution in [0, 0.1) is 19.8 Å². The Kier molecular flexibility index (Phi) is 6.17. The zero-order chi connectivity index (χ0) is 18.4. The van der Waals surface area contributed by atoms with Gasteiger partial charge in [0.15, 0.2) is 0 Å². The van der Waals surface area contributed by atoms with Gasteiger partial charge < -0.3 is 16.0 Å². The molecule has 0 aliphatic heterocycles. The number of amides is 2. The summed E-state index contributed by atoms with van der Waals surface area (Å²) >= 11 is 0. The average molecular weight is 339 g/mol. The first-order chi connectivity index (χ1) is 11.9. The molecular formula is C20H25N3O2. The Hall–Kier alpha value is -2.82. The third kappa shape index (κ3) is 5.35. The maximum Gasteiger partial charge on any atom is 0.243 e. The highest BCUT2D eigenvalue weighted by molar-refractivity contribution is 5.95. The highest BCUT2D eigenvalue weighted by Gasteiger charge is 2.08. The molecule has 2 rings (SSSR count). The van der Waals surface area contributed by atoms with E-state index in [4.69, 9.17) is 0 Å². The molecule has 132 valence electrons. The summed E-state index contributed by atoms with van der Waals surface area (Å²) in [5.74, 6) is -0.241. The molecule has 0 fully saturated rings. The van der Waals surface area contributed by atoms with E-state index in [2.05, 4.69) is 16.0 Å². The van der Waals surface area contributed by atoms with E-state index in [1.807, 2.05) is 70.2 Å². The molecule has 2 aromatic carbocycles. The molecule has 0 saturated heterocycles. The van der Waals surface area contributed by atoms with Crippen molar-refractivity contribution in [1.29, 1.82) is 0 Å². The van der Waals surface area contributed by atoms with Gasteiger partial charge >= 0.3 is 0 Å². The van der Waals surface area contributed by atoms with Crippen LogP contribution in [0.3, 0.4) is 0 Å². The van der Waals surface area contributed by atoms with E-state index >= 15 is 0 Å². The van der Waals surface area contributed by atoms with Crippen molar-refractivity contribution in [3.63, 3.8) is 0 Å². The molecule has 2 aromatic rings. The number of aryl methyl sites for hydroxylation is 1. The fraction of sp³-hybridized carbons (Fsp3) is 0.300. The van der Waals surface area contributed by atoms with Gasteiger partial charge in [0.2, 0.25) is 11.8 Å². The van der Waals surface area contributed by atoms with Gasteiger partial charge in [-0.25, -0.2) is 0 Å². The number of rotatable bonds is 6. The van der Waals surface area contributed by atoms with Gasteiger partial charge in [-0.05, 0) is 49.2 Å². The Bertz CT molecular complexity index is 769. The van der Waals surface area contributed by atoms with Gasteiger partial charge in [-0.2, -0.15) is 0 Å².